The average Bonchev–Trinajstić information content (AvgIpc) is 2.55. The van der Waals surface area contributed by atoms with E-state index in [0.29, 0.717) is 11.4 Å². The number of carbonyl (C=O) groups is 1. The van der Waals surface area contributed by atoms with Gasteiger partial charge in [0.25, 0.3) is 0 Å². The van der Waals surface area contributed by atoms with Gasteiger partial charge >= 0.3 is 5.97 Å². The maximum absolute atomic E-state index is 11.1. The normalized spacial score (nSPS) is 10.5. The number of nitrogens with zero attached hydrogens (tertiary/aromatic N) is 1. The van der Waals surface area contributed by atoms with Crippen LogP contribution in [0.1, 0.15) is 15.9 Å². The number of aromatic carboxylic acids is 1. The van der Waals surface area contributed by atoms with Crippen molar-refractivity contribution >= 4 is 28.2 Å². The third-order valence-corrected chi connectivity index (χ3v) is 3.56. The van der Waals surface area contributed by atoms with Gasteiger partial charge in [-0.1, -0.05) is 6.07 Å². The molecule has 1 heterocycles. The summed E-state index contributed by atoms with van der Waals surface area (Å²) in [6, 6.07) is 12.5. The second-order valence-electron chi connectivity index (χ2n) is 5.23. The third kappa shape index (κ3) is 2.94. The first-order valence-corrected chi connectivity index (χ1v) is 7.12. The van der Waals surface area contributed by atoms with Crippen molar-refractivity contribution in [2.75, 3.05) is 12.4 Å². The number of nitrogens with one attached hydrogen (secondary N) is 1. The molecule has 2 aromatic carbocycles. The molecule has 0 saturated carbocycles. The molecule has 0 aliphatic carbocycles. The number of hydrogen-bond acceptors (Lipinski definition) is 4. The van der Waals surface area contributed by atoms with Crippen molar-refractivity contribution in [3.8, 4) is 5.75 Å². The van der Waals surface area contributed by atoms with Gasteiger partial charge in [-0.05, 0) is 48.9 Å². The molecule has 0 aliphatic rings. The molecule has 0 amide bonds. The van der Waals surface area contributed by atoms with E-state index in [-0.39, 0.29) is 5.56 Å². The monoisotopic (exact) mass is 308 g/mol. The molecule has 3 aromatic rings. The van der Waals surface area contributed by atoms with Crippen molar-refractivity contribution in [1.29, 1.82) is 0 Å². The lowest BCUT2D eigenvalue weighted by Gasteiger charge is -2.12. The summed E-state index contributed by atoms with van der Waals surface area (Å²) in [5.74, 6) is -0.242. The quantitative estimate of drug-likeness (QED) is 0.762. The van der Waals surface area contributed by atoms with Crippen molar-refractivity contribution < 1.29 is 14.6 Å². The van der Waals surface area contributed by atoms with Crippen molar-refractivity contribution in [2.24, 2.45) is 0 Å². The molecule has 0 saturated heterocycles. The molecule has 0 bridgehead atoms. The summed E-state index contributed by atoms with van der Waals surface area (Å²) in [6.07, 6.45) is 1.70. The van der Waals surface area contributed by atoms with Gasteiger partial charge in [-0.25, -0.2) is 4.79 Å². The number of carboxylic acids is 1. The molecule has 1 aromatic heterocycles. The van der Waals surface area contributed by atoms with Crippen molar-refractivity contribution in [3.63, 3.8) is 0 Å². The van der Waals surface area contributed by atoms with Crippen LogP contribution in [0, 0.1) is 6.92 Å². The number of benzene rings is 2. The van der Waals surface area contributed by atoms with E-state index in [1.807, 2.05) is 31.2 Å². The molecule has 5 nitrogen and oxygen atoms in total. The van der Waals surface area contributed by atoms with Gasteiger partial charge in [-0.2, -0.15) is 0 Å². The molecule has 0 unspecified atom stereocenters. The smallest absolute Gasteiger partial charge is 0.335 e. The van der Waals surface area contributed by atoms with Gasteiger partial charge in [0, 0.05) is 23.0 Å². The molecular weight excluding hydrogens is 292 g/mol. The first kappa shape index (κ1) is 14.8. The first-order valence-electron chi connectivity index (χ1n) is 7.12. The maximum atomic E-state index is 11.1. The van der Waals surface area contributed by atoms with Crippen LogP contribution in [-0.2, 0) is 0 Å². The number of carboxylic acid groups (broad SMARTS) is 1. The number of hydrogen-bond donors (Lipinski definition) is 2. The topological polar surface area (TPSA) is 71.5 Å². The molecule has 0 spiro atoms. The van der Waals surface area contributed by atoms with Crippen LogP contribution in [0.2, 0.25) is 0 Å². The molecule has 0 atom stereocenters. The van der Waals surface area contributed by atoms with Crippen LogP contribution in [0.4, 0.5) is 11.4 Å². The predicted octanol–water partition coefficient (Wildman–Crippen LogP) is 3.99. The summed E-state index contributed by atoms with van der Waals surface area (Å²) in [6.45, 7) is 1.99. The Hall–Kier alpha value is -3.08. The van der Waals surface area contributed by atoms with E-state index >= 15 is 0 Å². The van der Waals surface area contributed by atoms with E-state index in [1.165, 1.54) is 0 Å². The zero-order valence-corrected chi connectivity index (χ0v) is 12.8. The van der Waals surface area contributed by atoms with E-state index in [1.54, 1.807) is 31.5 Å². The largest absolute Gasteiger partial charge is 0.494 e. The Balaban J connectivity index is 2.08. The molecule has 0 radical (unpaired) electrons. The van der Waals surface area contributed by atoms with Gasteiger partial charge in [0.1, 0.15) is 11.3 Å². The lowest BCUT2D eigenvalue weighted by Crippen LogP contribution is -1.99. The molecule has 3 rings (SSSR count). The van der Waals surface area contributed by atoms with Crippen molar-refractivity contribution in [3.05, 3.63) is 59.8 Å². The highest BCUT2D eigenvalue weighted by Crippen LogP contribution is 2.32. The Morgan fingerprint density at radius 2 is 2.04 bits per heavy atom. The van der Waals surface area contributed by atoms with E-state index in [9.17, 15) is 4.79 Å². The molecule has 5 heteroatoms. The summed E-state index contributed by atoms with van der Waals surface area (Å²) >= 11 is 0. The van der Waals surface area contributed by atoms with Crippen molar-refractivity contribution in [1.82, 2.24) is 4.98 Å². The van der Waals surface area contributed by atoms with Crippen LogP contribution in [0.15, 0.2) is 48.7 Å². The van der Waals surface area contributed by atoms with Gasteiger partial charge in [0.05, 0.1) is 12.7 Å². The highest BCUT2D eigenvalue weighted by molar-refractivity contribution is 5.97. The lowest BCUT2D eigenvalue weighted by atomic mass is 10.1. The second-order valence-corrected chi connectivity index (χ2v) is 5.23. The summed E-state index contributed by atoms with van der Waals surface area (Å²) in [4.78, 5) is 15.5. The molecule has 23 heavy (non-hydrogen) atoms. The van der Waals surface area contributed by atoms with Crippen LogP contribution in [-0.4, -0.2) is 23.2 Å². The zero-order chi connectivity index (χ0) is 16.4. The lowest BCUT2D eigenvalue weighted by molar-refractivity contribution is 0.0697. The fourth-order valence-corrected chi connectivity index (χ4v) is 2.51. The number of ether oxygens (including phenoxy) is 1. The third-order valence-electron chi connectivity index (χ3n) is 3.56. The van der Waals surface area contributed by atoms with Crippen LogP contribution >= 0.6 is 0 Å². The number of aromatic nitrogens is 1. The summed E-state index contributed by atoms with van der Waals surface area (Å²) in [5.41, 5.74) is 3.61. The van der Waals surface area contributed by atoms with Crippen LogP contribution in [0.25, 0.3) is 10.9 Å². The fraction of sp³-hybridized carbons (Fsp3) is 0.111. The predicted molar refractivity (Wildman–Crippen MR) is 89.7 cm³/mol. The zero-order valence-electron chi connectivity index (χ0n) is 12.8. The number of pyridine rings is 1. The highest BCUT2D eigenvalue weighted by Gasteiger charge is 2.09. The van der Waals surface area contributed by atoms with Gasteiger partial charge in [-0.3, -0.25) is 4.98 Å². The Morgan fingerprint density at radius 1 is 1.22 bits per heavy atom. The van der Waals surface area contributed by atoms with Crippen LogP contribution < -0.4 is 10.1 Å². The minimum absolute atomic E-state index is 0.238. The van der Waals surface area contributed by atoms with Gasteiger partial charge < -0.3 is 15.2 Å². The minimum Gasteiger partial charge on any atom is -0.494 e. The number of anilines is 2. The van der Waals surface area contributed by atoms with E-state index in [2.05, 4.69) is 10.3 Å². The SMILES string of the molecule is COc1cc(C)cc2c(Nc3cccc(C(=O)O)c3)ccnc12. The molecular formula is C18H16N2O3. The van der Waals surface area contributed by atoms with E-state index in [0.717, 1.165) is 22.2 Å². The first-order chi connectivity index (χ1) is 11.1. The summed E-state index contributed by atoms with van der Waals surface area (Å²) in [7, 11) is 1.62. The maximum Gasteiger partial charge on any atom is 0.335 e. The average molecular weight is 308 g/mol. The standard InChI is InChI=1S/C18H16N2O3/c1-11-8-14-15(6-7-19-17(14)16(9-11)23-2)20-13-5-3-4-12(10-13)18(21)22/h3-10H,1-2H3,(H,19,20)(H,21,22). The number of methoxy groups -OCH3 is 1. The Kier molecular flexibility index (Phi) is 3.85. The Bertz CT molecular complexity index is 891. The molecule has 116 valence electrons. The van der Waals surface area contributed by atoms with Gasteiger partial charge in [0.2, 0.25) is 0 Å². The van der Waals surface area contributed by atoms with Crippen LogP contribution in [0.5, 0.6) is 5.75 Å². The Morgan fingerprint density at radius 3 is 2.78 bits per heavy atom. The van der Waals surface area contributed by atoms with E-state index < -0.39 is 5.97 Å². The molecule has 0 fully saturated rings. The van der Waals surface area contributed by atoms with Crippen molar-refractivity contribution in [2.45, 2.75) is 6.92 Å². The number of fused-ring (bicyclic) bond motifs is 1. The van der Waals surface area contributed by atoms with Crippen LogP contribution in [0.3, 0.4) is 0 Å². The molecule has 0 aliphatic heterocycles. The summed E-state index contributed by atoms with van der Waals surface area (Å²) < 4.78 is 5.40. The summed E-state index contributed by atoms with van der Waals surface area (Å²) in [5, 5.41) is 13.3. The number of aryl methyl sites for hydroxylation is 1. The molecule has 2 N–H and O–H groups in total. The van der Waals surface area contributed by atoms with Gasteiger partial charge in [-0.15, -0.1) is 0 Å². The Labute approximate surface area is 133 Å². The highest BCUT2D eigenvalue weighted by atomic mass is 16.5. The fourth-order valence-electron chi connectivity index (χ4n) is 2.51. The second kappa shape index (κ2) is 5.96. The van der Waals surface area contributed by atoms with E-state index in [4.69, 9.17) is 9.84 Å². The minimum atomic E-state index is -0.953. The number of rotatable bonds is 4. The van der Waals surface area contributed by atoms with Gasteiger partial charge in [0.15, 0.2) is 0 Å².